The van der Waals surface area contributed by atoms with E-state index in [0.29, 0.717) is 6.54 Å². The Labute approximate surface area is 120 Å². The summed E-state index contributed by atoms with van der Waals surface area (Å²) >= 11 is 0. The number of ether oxygens (including phenoxy) is 1. The Morgan fingerprint density at radius 3 is 2.50 bits per heavy atom. The van der Waals surface area contributed by atoms with Crippen molar-refractivity contribution in [2.75, 3.05) is 6.54 Å². The van der Waals surface area contributed by atoms with Gasteiger partial charge in [0, 0.05) is 30.4 Å². The molecular weight excluding hydrogens is 250 g/mol. The second-order valence-electron chi connectivity index (χ2n) is 5.05. The highest BCUT2D eigenvalue weighted by atomic mass is 16.5. The Bertz CT molecular complexity index is 543. The number of nitrogens with zero attached hydrogens (tertiary/aromatic N) is 2. The van der Waals surface area contributed by atoms with Crippen LogP contribution in [0.5, 0.6) is 5.75 Å². The third-order valence-corrected chi connectivity index (χ3v) is 3.14. The van der Waals surface area contributed by atoms with Crippen LogP contribution in [0.2, 0.25) is 0 Å². The second kappa shape index (κ2) is 6.57. The van der Waals surface area contributed by atoms with Gasteiger partial charge >= 0.3 is 0 Å². The molecule has 0 radical (unpaired) electrons. The van der Waals surface area contributed by atoms with Crippen molar-refractivity contribution in [1.82, 2.24) is 9.55 Å². The van der Waals surface area contributed by atoms with Gasteiger partial charge in [0.25, 0.3) is 0 Å². The molecule has 0 unspecified atom stereocenters. The standard InChI is InChI=1S/C16H23N3O/c1-4-19-14(9-10-17)11-18-16(19)13-5-7-15(8-6-13)20-12(2)3/h5-8,11-12H,4,9-10,17H2,1-3H3. The maximum Gasteiger partial charge on any atom is 0.140 e. The lowest BCUT2D eigenvalue weighted by molar-refractivity contribution is 0.242. The largest absolute Gasteiger partial charge is 0.491 e. The van der Waals surface area contributed by atoms with E-state index in [1.165, 1.54) is 5.69 Å². The Kier molecular flexibility index (Phi) is 4.79. The minimum Gasteiger partial charge on any atom is -0.491 e. The molecule has 1 aromatic carbocycles. The Morgan fingerprint density at radius 2 is 1.95 bits per heavy atom. The van der Waals surface area contributed by atoms with E-state index in [9.17, 15) is 0 Å². The number of rotatable bonds is 6. The summed E-state index contributed by atoms with van der Waals surface area (Å²) in [5.74, 6) is 1.88. The summed E-state index contributed by atoms with van der Waals surface area (Å²) in [6, 6.07) is 8.09. The van der Waals surface area contributed by atoms with Crippen molar-refractivity contribution in [2.45, 2.75) is 39.8 Å². The summed E-state index contributed by atoms with van der Waals surface area (Å²) in [5, 5.41) is 0. The first-order chi connectivity index (χ1) is 9.65. The third kappa shape index (κ3) is 3.20. The van der Waals surface area contributed by atoms with Crippen molar-refractivity contribution in [2.24, 2.45) is 5.73 Å². The first kappa shape index (κ1) is 14.6. The molecule has 4 nitrogen and oxygen atoms in total. The molecule has 0 bridgehead atoms. The van der Waals surface area contributed by atoms with E-state index in [4.69, 9.17) is 10.5 Å². The zero-order valence-electron chi connectivity index (χ0n) is 12.5. The smallest absolute Gasteiger partial charge is 0.140 e. The first-order valence-corrected chi connectivity index (χ1v) is 7.17. The minimum atomic E-state index is 0.189. The fraction of sp³-hybridized carbons (Fsp3) is 0.438. The SMILES string of the molecule is CCn1c(CCN)cnc1-c1ccc(OC(C)C)cc1. The molecule has 0 fully saturated rings. The molecule has 0 saturated carbocycles. The lowest BCUT2D eigenvalue weighted by atomic mass is 10.2. The molecule has 0 aliphatic carbocycles. The van der Waals surface area contributed by atoms with Gasteiger partial charge in [-0.2, -0.15) is 0 Å². The van der Waals surface area contributed by atoms with Crippen LogP contribution in [-0.2, 0) is 13.0 Å². The summed E-state index contributed by atoms with van der Waals surface area (Å²) in [5.41, 5.74) is 7.93. The molecule has 20 heavy (non-hydrogen) atoms. The molecule has 108 valence electrons. The van der Waals surface area contributed by atoms with Crippen molar-refractivity contribution < 1.29 is 4.74 Å². The molecule has 0 atom stereocenters. The van der Waals surface area contributed by atoms with Gasteiger partial charge in [-0.25, -0.2) is 4.98 Å². The van der Waals surface area contributed by atoms with Crippen LogP contribution in [0.15, 0.2) is 30.5 Å². The molecule has 2 aromatic rings. The van der Waals surface area contributed by atoms with E-state index in [-0.39, 0.29) is 6.10 Å². The monoisotopic (exact) mass is 273 g/mol. The maximum atomic E-state index is 5.66. The van der Waals surface area contributed by atoms with Crippen molar-refractivity contribution in [1.29, 1.82) is 0 Å². The molecule has 2 rings (SSSR count). The molecule has 0 aliphatic rings. The average Bonchev–Trinajstić information content (AvgIpc) is 2.82. The first-order valence-electron chi connectivity index (χ1n) is 7.17. The molecule has 0 saturated heterocycles. The Hall–Kier alpha value is -1.81. The quantitative estimate of drug-likeness (QED) is 0.880. The van der Waals surface area contributed by atoms with Gasteiger partial charge < -0.3 is 15.0 Å². The van der Waals surface area contributed by atoms with Crippen LogP contribution in [0.25, 0.3) is 11.4 Å². The van der Waals surface area contributed by atoms with Crippen molar-refractivity contribution in [3.8, 4) is 17.1 Å². The predicted octanol–water partition coefficient (Wildman–Crippen LogP) is 2.86. The van der Waals surface area contributed by atoms with E-state index in [0.717, 1.165) is 30.1 Å². The number of aromatic nitrogens is 2. The van der Waals surface area contributed by atoms with Crippen LogP contribution < -0.4 is 10.5 Å². The van der Waals surface area contributed by atoms with Crippen LogP contribution in [0.3, 0.4) is 0 Å². The van der Waals surface area contributed by atoms with Gasteiger partial charge in [0.1, 0.15) is 11.6 Å². The number of hydrogen-bond donors (Lipinski definition) is 1. The Balaban J connectivity index is 2.27. The molecular formula is C16H23N3O. The fourth-order valence-electron chi connectivity index (χ4n) is 2.30. The number of hydrogen-bond acceptors (Lipinski definition) is 3. The van der Waals surface area contributed by atoms with Gasteiger partial charge in [0.2, 0.25) is 0 Å². The van der Waals surface area contributed by atoms with Crippen molar-refractivity contribution in [3.63, 3.8) is 0 Å². The number of imidazole rings is 1. The van der Waals surface area contributed by atoms with Crippen LogP contribution in [-0.4, -0.2) is 22.2 Å². The molecule has 0 amide bonds. The highest BCUT2D eigenvalue weighted by Gasteiger charge is 2.10. The maximum absolute atomic E-state index is 5.66. The van der Waals surface area contributed by atoms with Crippen LogP contribution in [0, 0.1) is 0 Å². The van der Waals surface area contributed by atoms with Gasteiger partial charge in [-0.15, -0.1) is 0 Å². The summed E-state index contributed by atoms with van der Waals surface area (Å²) in [6.07, 6.45) is 2.97. The van der Waals surface area contributed by atoms with E-state index >= 15 is 0 Å². The highest BCUT2D eigenvalue weighted by molar-refractivity contribution is 5.57. The minimum absolute atomic E-state index is 0.189. The number of nitrogens with two attached hydrogens (primary N) is 1. The van der Waals surface area contributed by atoms with Crippen LogP contribution in [0.1, 0.15) is 26.5 Å². The summed E-state index contributed by atoms with van der Waals surface area (Å²) in [7, 11) is 0. The summed E-state index contributed by atoms with van der Waals surface area (Å²) < 4.78 is 7.88. The third-order valence-electron chi connectivity index (χ3n) is 3.14. The van der Waals surface area contributed by atoms with Gasteiger partial charge in [-0.05, 0) is 51.6 Å². The van der Waals surface area contributed by atoms with E-state index < -0.39 is 0 Å². The van der Waals surface area contributed by atoms with Gasteiger partial charge in [0.05, 0.1) is 6.10 Å². The molecule has 4 heteroatoms. The molecule has 0 spiro atoms. The predicted molar refractivity (Wildman–Crippen MR) is 81.9 cm³/mol. The average molecular weight is 273 g/mol. The zero-order chi connectivity index (χ0) is 14.5. The molecule has 1 heterocycles. The van der Waals surface area contributed by atoms with Crippen molar-refractivity contribution >= 4 is 0 Å². The summed E-state index contributed by atoms with van der Waals surface area (Å²) in [4.78, 5) is 4.53. The van der Waals surface area contributed by atoms with Gasteiger partial charge in [-0.1, -0.05) is 0 Å². The van der Waals surface area contributed by atoms with Gasteiger partial charge in [0.15, 0.2) is 0 Å². The van der Waals surface area contributed by atoms with Crippen molar-refractivity contribution in [3.05, 3.63) is 36.2 Å². The van der Waals surface area contributed by atoms with E-state index in [1.54, 1.807) is 0 Å². The highest BCUT2D eigenvalue weighted by Crippen LogP contribution is 2.23. The fourth-order valence-corrected chi connectivity index (χ4v) is 2.30. The Morgan fingerprint density at radius 1 is 1.25 bits per heavy atom. The lowest BCUT2D eigenvalue weighted by Crippen LogP contribution is -2.09. The second-order valence-corrected chi connectivity index (χ2v) is 5.05. The number of benzene rings is 1. The van der Waals surface area contributed by atoms with E-state index in [1.807, 2.05) is 32.2 Å². The normalized spacial score (nSPS) is 11.1. The summed E-state index contributed by atoms with van der Waals surface area (Å²) in [6.45, 7) is 7.72. The van der Waals surface area contributed by atoms with Crippen LogP contribution >= 0.6 is 0 Å². The topological polar surface area (TPSA) is 53.1 Å². The zero-order valence-corrected chi connectivity index (χ0v) is 12.5. The van der Waals surface area contributed by atoms with Gasteiger partial charge in [-0.3, -0.25) is 0 Å². The molecule has 0 aliphatic heterocycles. The molecule has 1 aromatic heterocycles. The van der Waals surface area contributed by atoms with Crippen LogP contribution in [0.4, 0.5) is 0 Å². The molecule has 2 N–H and O–H groups in total. The van der Waals surface area contributed by atoms with E-state index in [2.05, 4.69) is 28.6 Å². The lowest BCUT2D eigenvalue weighted by Gasteiger charge is -2.11.